The number of aliphatic hydroxyl groups is 12. The molecule has 410 valence electrons. The first kappa shape index (κ1) is 56.2. The van der Waals surface area contributed by atoms with E-state index in [4.69, 9.17) is 37.9 Å². The van der Waals surface area contributed by atoms with Gasteiger partial charge in [0, 0.05) is 0 Å². The SMILES string of the molecule is CC(CCC[C@@H](C)[C@H]1CCC[C@H]2[C@@H]3CC=C4C[C@@H](O[C@@H]5O[C@H](CO)[C@@H](O[C@@H]6OC[C@H](O)[C@H](O)[C@H]6O)[C@H](O)[C@H]5O[C@@H]5O[C@@H](C)[C@H](O)[C@@H](O)[C@H]5O)CC[C@]4(C)[C@H]3CC[C@]12C)CO[C@@H]1O[C@H](CO)[C@@H](O)[C@H](O)[C@H]1O. The second-order valence-corrected chi connectivity index (χ2v) is 23.2. The van der Waals surface area contributed by atoms with E-state index < -0.39 is 130 Å². The van der Waals surface area contributed by atoms with Crippen LogP contribution in [0.3, 0.4) is 0 Å². The molecule has 1 unspecified atom stereocenters. The summed E-state index contributed by atoms with van der Waals surface area (Å²) in [5, 5.41) is 126. The molecule has 3 saturated carbocycles. The number of hydrogen-bond donors (Lipinski definition) is 12. The highest BCUT2D eigenvalue weighted by Crippen LogP contribution is 2.66. The molecule has 0 amide bonds. The monoisotopic (exact) mass is 1020 g/mol. The zero-order valence-electron chi connectivity index (χ0n) is 42.0. The van der Waals surface area contributed by atoms with Crippen molar-refractivity contribution < 1.29 is 99.2 Å². The third-order valence-electron chi connectivity index (χ3n) is 18.8. The second-order valence-electron chi connectivity index (χ2n) is 23.2. The van der Waals surface area contributed by atoms with E-state index in [-0.39, 0.29) is 29.5 Å². The van der Waals surface area contributed by atoms with Crippen molar-refractivity contribution in [3.63, 3.8) is 0 Å². The van der Waals surface area contributed by atoms with Gasteiger partial charge in [-0.05, 0) is 111 Å². The summed E-state index contributed by atoms with van der Waals surface area (Å²) >= 11 is 0. The Hall–Kier alpha value is -1.06. The van der Waals surface area contributed by atoms with Crippen molar-refractivity contribution in [3.05, 3.63) is 11.6 Å². The summed E-state index contributed by atoms with van der Waals surface area (Å²) in [5.74, 6) is 2.99. The maximum absolute atomic E-state index is 12.0. The van der Waals surface area contributed by atoms with E-state index in [2.05, 4.69) is 33.8 Å². The Kier molecular flexibility index (Phi) is 18.4. The van der Waals surface area contributed by atoms with Crippen molar-refractivity contribution in [3.8, 4) is 0 Å². The Morgan fingerprint density at radius 1 is 0.648 bits per heavy atom. The van der Waals surface area contributed by atoms with Crippen molar-refractivity contribution in [2.75, 3.05) is 26.4 Å². The quantitative estimate of drug-likeness (QED) is 0.0885. The first-order chi connectivity index (χ1) is 33.7. The van der Waals surface area contributed by atoms with Crippen LogP contribution in [0, 0.1) is 46.3 Å². The van der Waals surface area contributed by atoms with E-state index >= 15 is 0 Å². The smallest absolute Gasteiger partial charge is 0.187 e. The van der Waals surface area contributed by atoms with Crippen LogP contribution in [0.1, 0.15) is 112 Å². The molecular formula is C51H86O20. The first-order valence-corrected chi connectivity index (χ1v) is 26.6. The Morgan fingerprint density at radius 2 is 1.32 bits per heavy atom. The molecule has 4 saturated heterocycles. The highest BCUT2D eigenvalue weighted by molar-refractivity contribution is 5.25. The fraction of sp³-hybridized carbons (Fsp3) is 0.961. The van der Waals surface area contributed by atoms with Gasteiger partial charge in [-0.25, -0.2) is 0 Å². The minimum Gasteiger partial charge on any atom is -0.394 e. The van der Waals surface area contributed by atoms with Crippen LogP contribution in [-0.4, -0.2) is 211 Å². The summed E-state index contributed by atoms with van der Waals surface area (Å²) in [6.45, 7) is 9.78. The van der Waals surface area contributed by atoms with Crippen molar-refractivity contribution in [2.24, 2.45) is 46.3 Å². The van der Waals surface area contributed by atoms with Crippen molar-refractivity contribution in [1.29, 1.82) is 0 Å². The predicted molar refractivity (Wildman–Crippen MR) is 248 cm³/mol. The van der Waals surface area contributed by atoms with Gasteiger partial charge in [0.25, 0.3) is 0 Å². The predicted octanol–water partition coefficient (Wildman–Crippen LogP) is -0.285. The van der Waals surface area contributed by atoms with Crippen LogP contribution in [0.2, 0.25) is 0 Å². The molecule has 4 aliphatic carbocycles. The average molecular weight is 1020 g/mol. The standard InChI is InChI=1S/C51H86O20/c1-23(21-64-46-41(61)39(59)37(57)33(19-52)68-46)8-6-9-24(2)29-10-7-11-30-28-13-12-26-18-27(14-16-50(26,4)31(28)15-17-51(29,30)5)67-49-45(71-48-42(62)38(58)35(55)25(3)66-48)43(63)44(34(20-53)69-49)70-47-40(60)36(56)32(54)22-65-47/h12,23-25,27-49,52-63H,6-11,13-22H2,1-5H3/t23?,24-,25+,27+,28+,29-,30+,31+,32+,33-,34-,35+,36+,37-,38-,39+,40-,41-,42-,43+,44-,45-,46-,47+,48+,49-,50+,51-/m1/s1. The van der Waals surface area contributed by atoms with Crippen LogP contribution >= 0.6 is 0 Å². The maximum atomic E-state index is 12.0. The number of hydrogen-bond acceptors (Lipinski definition) is 20. The van der Waals surface area contributed by atoms with Crippen LogP contribution < -0.4 is 0 Å². The van der Waals surface area contributed by atoms with Crippen LogP contribution in [0.4, 0.5) is 0 Å². The molecule has 4 aliphatic heterocycles. The van der Waals surface area contributed by atoms with E-state index in [9.17, 15) is 61.3 Å². The molecule has 71 heavy (non-hydrogen) atoms. The summed E-state index contributed by atoms with van der Waals surface area (Å²) in [4.78, 5) is 0. The molecule has 12 N–H and O–H groups in total. The minimum atomic E-state index is -1.72. The van der Waals surface area contributed by atoms with E-state index in [0.29, 0.717) is 49.0 Å². The van der Waals surface area contributed by atoms with E-state index in [1.165, 1.54) is 38.2 Å². The number of ether oxygens (including phenoxy) is 8. The second kappa shape index (κ2) is 23.3. The van der Waals surface area contributed by atoms with Crippen LogP contribution in [0.25, 0.3) is 0 Å². The van der Waals surface area contributed by atoms with Crippen molar-refractivity contribution in [1.82, 2.24) is 0 Å². The van der Waals surface area contributed by atoms with Gasteiger partial charge in [0.2, 0.25) is 0 Å². The fourth-order valence-corrected chi connectivity index (χ4v) is 14.4. The average Bonchev–Trinajstić information content (AvgIpc) is 3.35. The van der Waals surface area contributed by atoms with Gasteiger partial charge in [-0.15, -0.1) is 0 Å². The summed E-state index contributed by atoms with van der Waals surface area (Å²) in [6, 6.07) is 0. The van der Waals surface area contributed by atoms with E-state index in [1.54, 1.807) is 0 Å². The molecule has 7 fully saturated rings. The number of allylic oxidation sites excluding steroid dienone is 1. The van der Waals surface area contributed by atoms with Gasteiger partial charge < -0.3 is 99.2 Å². The van der Waals surface area contributed by atoms with Gasteiger partial charge in [0.15, 0.2) is 25.2 Å². The molecule has 0 radical (unpaired) electrons. The molecule has 8 rings (SSSR count). The Balaban J connectivity index is 0.898. The molecule has 0 aromatic rings. The van der Waals surface area contributed by atoms with Crippen LogP contribution in [0.5, 0.6) is 0 Å². The highest BCUT2D eigenvalue weighted by Gasteiger charge is 2.59. The van der Waals surface area contributed by atoms with Crippen LogP contribution in [0.15, 0.2) is 11.6 Å². The molecule has 0 aromatic carbocycles. The fourth-order valence-electron chi connectivity index (χ4n) is 14.4. The largest absolute Gasteiger partial charge is 0.394 e. The normalized spacial score (nSPS) is 51.3. The Bertz CT molecular complexity index is 1740. The molecule has 4 heterocycles. The van der Waals surface area contributed by atoms with Gasteiger partial charge in [0.1, 0.15) is 85.5 Å². The highest BCUT2D eigenvalue weighted by atomic mass is 16.8. The molecule has 20 heteroatoms. The molecule has 28 atom stereocenters. The zero-order valence-corrected chi connectivity index (χ0v) is 42.0. The van der Waals surface area contributed by atoms with Crippen molar-refractivity contribution in [2.45, 2.75) is 234 Å². The summed E-state index contributed by atoms with van der Waals surface area (Å²) in [6.07, 6.45) is -12.9. The lowest BCUT2D eigenvalue weighted by Crippen LogP contribution is -2.66. The maximum Gasteiger partial charge on any atom is 0.187 e. The lowest BCUT2D eigenvalue weighted by Gasteiger charge is -2.62. The molecule has 8 aliphatic rings. The molecule has 0 aromatic heterocycles. The third-order valence-corrected chi connectivity index (χ3v) is 18.8. The van der Waals surface area contributed by atoms with Crippen LogP contribution in [-0.2, 0) is 37.9 Å². The Morgan fingerprint density at radius 3 is 2.06 bits per heavy atom. The van der Waals surface area contributed by atoms with Gasteiger partial charge in [0.05, 0.1) is 38.6 Å². The third kappa shape index (κ3) is 11.2. The van der Waals surface area contributed by atoms with Gasteiger partial charge >= 0.3 is 0 Å². The summed E-state index contributed by atoms with van der Waals surface area (Å²) in [7, 11) is 0. The first-order valence-electron chi connectivity index (χ1n) is 26.6. The number of fused-ring (bicyclic) bond motifs is 5. The molecule has 0 bridgehead atoms. The number of rotatable bonds is 16. The number of aliphatic hydroxyl groups excluding tert-OH is 12. The van der Waals surface area contributed by atoms with E-state index in [1.807, 2.05) is 0 Å². The van der Waals surface area contributed by atoms with Crippen molar-refractivity contribution >= 4 is 0 Å². The lowest BCUT2D eigenvalue weighted by atomic mass is 9.42. The van der Waals surface area contributed by atoms with Gasteiger partial charge in [-0.3, -0.25) is 0 Å². The Labute approximate surface area is 417 Å². The summed E-state index contributed by atoms with van der Waals surface area (Å²) < 4.78 is 47.7. The molecule has 20 nitrogen and oxygen atoms in total. The molecular weight excluding hydrogens is 933 g/mol. The van der Waals surface area contributed by atoms with Gasteiger partial charge in [-0.1, -0.05) is 58.6 Å². The zero-order chi connectivity index (χ0) is 51.3. The topological polar surface area (TPSA) is 317 Å². The van der Waals surface area contributed by atoms with Gasteiger partial charge in [-0.2, -0.15) is 0 Å². The molecule has 0 spiro atoms. The minimum absolute atomic E-state index is 0.0436. The lowest BCUT2D eigenvalue weighted by molar-refractivity contribution is -0.385. The summed E-state index contributed by atoms with van der Waals surface area (Å²) in [5.41, 5.74) is 1.51. The van der Waals surface area contributed by atoms with E-state index in [0.717, 1.165) is 38.5 Å².